The molecule has 1 aromatic heterocycles. The molecule has 0 aliphatic rings. The molecule has 0 saturated heterocycles. The number of rotatable bonds is 4. The number of nitrogens with one attached hydrogen (secondary N) is 2. The summed E-state index contributed by atoms with van der Waals surface area (Å²) in [5.74, 6) is 6.10. The van der Waals surface area contributed by atoms with Crippen LogP contribution in [0, 0.1) is 17.1 Å². The smallest absolute Gasteiger partial charge is 0.148 e. The number of anilines is 3. The van der Waals surface area contributed by atoms with Crippen LogP contribution in [0.5, 0.6) is 0 Å². The van der Waals surface area contributed by atoms with Crippen molar-refractivity contribution in [1.82, 2.24) is 9.97 Å². The fraction of sp³-hybridized carbons (Fsp3) is 0.214. The van der Waals surface area contributed by atoms with E-state index in [1.807, 2.05) is 13.8 Å². The zero-order chi connectivity index (χ0) is 15.4. The minimum Gasteiger partial charge on any atom is -0.340 e. The molecule has 0 fully saturated rings. The van der Waals surface area contributed by atoms with Gasteiger partial charge in [-0.1, -0.05) is 13.8 Å². The van der Waals surface area contributed by atoms with Crippen molar-refractivity contribution in [2.45, 2.75) is 19.8 Å². The molecule has 2 aromatic rings. The Morgan fingerprint density at radius 2 is 2.00 bits per heavy atom. The van der Waals surface area contributed by atoms with Crippen LogP contribution in [0.2, 0.25) is 0 Å². The molecular formula is C14H15FN6. The van der Waals surface area contributed by atoms with Crippen molar-refractivity contribution in [3.05, 3.63) is 41.5 Å². The lowest BCUT2D eigenvalue weighted by Crippen LogP contribution is -2.14. The van der Waals surface area contributed by atoms with Gasteiger partial charge in [0.1, 0.15) is 29.8 Å². The van der Waals surface area contributed by atoms with Crippen LogP contribution in [0.4, 0.5) is 21.7 Å². The maximum atomic E-state index is 13.3. The standard InChI is InChI=1S/C14H15FN6/c1-8(2)12-13(18-7-19-14(12)21-17)20-10-3-4-11(15)9(5-10)6-16/h3-5,7-8H,17H2,1-2H3,(H2,18,19,20,21). The molecule has 4 N–H and O–H groups in total. The van der Waals surface area contributed by atoms with E-state index < -0.39 is 5.82 Å². The largest absolute Gasteiger partial charge is 0.340 e. The van der Waals surface area contributed by atoms with E-state index in [0.29, 0.717) is 17.3 Å². The summed E-state index contributed by atoms with van der Waals surface area (Å²) < 4.78 is 13.3. The van der Waals surface area contributed by atoms with Gasteiger partial charge in [0.2, 0.25) is 0 Å². The highest BCUT2D eigenvalue weighted by Crippen LogP contribution is 2.30. The Kier molecular flexibility index (Phi) is 4.30. The van der Waals surface area contributed by atoms with Crippen LogP contribution in [0.1, 0.15) is 30.9 Å². The van der Waals surface area contributed by atoms with Gasteiger partial charge in [-0.05, 0) is 24.1 Å². The van der Waals surface area contributed by atoms with Crippen molar-refractivity contribution in [3.8, 4) is 6.07 Å². The third-order valence-electron chi connectivity index (χ3n) is 2.95. The van der Waals surface area contributed by atoms with Crippen molar-refractivity contribution in [2.75, 3.05) is 10.7 Å². The van der Waals surface area contributed by atoms with E-state index in [1.165, 1.54) is 24.5 Å². The summed E-state index contributed by atoms with van der Waals surface area (Å²) in [6.45, 7) is 3.96. The minimum absolute atomic E-state index is 0.0303. The highest BCUT2D eigenvalue weighted by Gasteiger charge is 2.15. The highest BCUT2D eigenvalue weighted by molar-refractivity contribution is 5.66. The first-order valence-corrected chi connectivity index (χ1v) is 6.35. The van der Waals surface area contributed by atoms with Crippen LogP contribution in [0.15, 0.2) is 24.5 Å². The second-order valence-electron chi connectivity index (χ2n) is 4.72. The number of hydrazine groups is 1. The molecule has 0 aliphatic heterocycles. The predicted octanol–water partition coefficient (Wildman–Crippen LogP) is 2.64. The van der Waals surface area contributed by atoms with Crippen molar-refractivity contribution in [3.63, 3.8) is 0 Å². The average Bonchev–Trinajstić information content (AvgIpc) is 2.48. The van der Waals surface area contributed by atoms with E-state index in [4.69, 9.17) is 11.1 Å². The van der Waals surface area contributed by atoms with E-state index >= 15 is 0 Å². The molecule has 0 amide bonds. The van der Waals surface area contributed by atoms with Gasteiger partial charge in [0, 0.05) is 11.3 Å². The SMILES string of the molecule is CC(C)c1c(NN)ncnc1Nc1ccc(F)c(C#N)c1. The number of nitrogen functional groups attached to an aromatic ring is 1. The topological polar surface area (TPSA) is 99.7 Å². The van der Waals surface area contributed by atoms with Crippen molar-refractivity contribution in [2.24, 2.45) is 5.84 Å². The normalized spacial score (nSPS) is 10.3. The van der Waals surface area contributed by atoms with E-state index in [-0.39, 0.29) is 11.5 Å². The van der Waals surface area contributed by atoms with E-state index in [0.717, 1.165) is 5.56 Å². The molecule has 0 unspecified atom stereocenters. The molecule has 6 nitrogen and oxygen atoms in total. The van der Waals surface area contributed by atoms with Gasteiger partial charge < -0.3 is 10.7 Å². The number of halogens is 1. The average molecular weight is 286 g/mol. The fourth-order valence-electron chi connectivity index (χ4n) is 1.98. The first-order chi connectivity index (χ1) is 10.1. The molecule has 0 aliphatic carbocycles. The zero-order valence-corrected chi connectivity index (χ0v) is 11.7. The summed E-state index contributed by atoms with van der Waals surface area (Å²) in [4.78, 5) is 8.26. The minimum atomic E-state index is -0.556. The van der Waals surface area contributed by atoms with Crippen molar-refractivity contribution >= 4 is 17.3 Å². The highest BCUT2D eigenvalue weighted by atomic mass is 19.1. The van der Waals surface area contributed by atoms with E-state index in [2.05, 4.69) is 20.7 Å². The van der Waals surface area contributed by atoms with Gasteiger partial charge >= 0.3 is 0 Å². The summed E-state index contributed by atoms with van der Waals surface area (Å²) in [6.07, 6.45) is 1.37. The number of aromatic nitrogens is 2. The number of nitrogens with two attached hydrogens (primary N) is 1. The summed E-state index contributed by atoms with van der Waals surface area (Å²) in [6, 6.07) is 6.00. The maximum absolute atomic E-state index is 13.3. The lowest BCUT2D eigenvalue weighted by molar-refractivity contribution is 0.624. The lowest BCUT2D eigenvalue weighted by atomic mass is 10.0. The summed E-state index contributed by atoms with van der Waals surface area (Å²) >= 11 is 0. The molecule has 0 saturated carbocycles. The molecule has 21 heavy (non-hydrogen) atoms. The Bertz CT molecular complexity index is 692. The number of nitrogens with zero attached hydrogens (tertiary/aromatic N) is 3. The monoisotopic (exact) mass is 286 g/mol. The summed E-state index contributed by atoms with van der Waals surface area (Å²) in [5, 5.41) is 11.9. The molecule has 1 heterocycles. The molecule has 108 valence electrons. The molecule has 0 radical (unpaired) electrons. The van der Waals surface area contributed by atoms with Gasteiger partial charge in [-0.2, -0.15) is 5.26 Å². The molecular weight excluding hydrogens is 271 g/mol. The third-order valence-corrected chi connectivity index (χ3v) is 2.95. The van der Waals surface area contributed by atoms with Gasteiger partial charge in [-0.3, -0.25) is 0 Å². The number of hydrogen-bond donors (Lipinski definition) is 3. The summed E-state index contributed by atoms with van der Waals surface area (Å²) in [5.41, 5.74) is 3.88. The summed E-state index contributed by atoms with van der Waals surface area (Å²) in [7, 11) is 0. The van der Waals surface area contributed by atoms with Crippen molar-refractivity contribution < 1.29 is 4.39 Å². The Balaban J connectivity index is 2.42. The molecule has 7 heteroatoms. The van der Waals surface area contributed by atoms with Gasteiger partial charge in [0.05, 0.1) is 5.56 Å². The quantitative estimate of drug-likeness (QED) is 0.590. The van der Waals surface area contributed by atoms with E-state index in [1.54, 1.807) is 6.07 Å². The van der Waals surface area contributed by atoms with Gasteiger partial charge in [-0.15, -0.1) is 0 Å². The Hall–Kier alpha value is -2.72. The van der Waals surface area contributed by atoms with Gasteiger partial charge in [0.15, 0.2) is 0 Å². The van der Waals surface area contributed by atoms with Crippen molar-refractivity contribution in [1.29, 1.82) is 5.26 Å². The molecule has 0 bridgehead atoms. The second kappa shape index (κ2) is 6.15. The Morgan fingerprint density at radius 1 is 1.29 bits per heavy atom. The van der Waals surface area contributed by atoms with Crippen LogP contribution < -0.4 is 16.6 Å². The van der Waals surface area contributed by atoms with Crippen LogP contribution in [0.3, 0.4) is 0 Å². The first kappa shape index (κ1) is 14.7. The lowest BCUT2D eigenvalue weighted by Gasteiger charge is -2.16. The zero-order valence-electron chi connectivity index (χ0n) is 11.7. The number of benzene rings is 1. The number of hydrogen-bond acceptors (Lipinski definition) is 6. The third kappa shape index (κ3) is 3.07. The maximum Gasteiger partial charge on any atom is 0.148 e. The molecule has 0 atom stereocenters. The fourth-order valence-corrected chi connectivity index (χ4v) is 1.98. The van der Waals surface area contributed by atoms with Crippen LogP contribution in [0.25, 0.3) is 0 Å². The predicted molar refractivity (Wildman–Crippen MR) is 78.3 cm³/mol. The van der Waals surface area contributed by atoms with E-state index in [9.17, 15) is 4.39 Å². The first-order valence-electron chi connectivity index (χ1n) is 6.35. The molecule has 1 aromatic carbocycles. The van der Waals surface area contributed by atoms with Crippen LogP contribution in [-0.4, -0.2) is 9.97 Å². The Labute approximate surface area is 121 Å². The van der Waals surface area contributed by atoms with Crippen LogP contribution >= 0.6 is 0 Å². The Morgan fingerprint density at radius 3 is 2.62 bits per heavy atom. The van der Waals surface area contributed by atoms with Gasteiger partial charge in [0.25, 0.3) is 0 Å². The van der Waals surface area contributed by atoms with Gasteiger partial charge in [-0.25, -0.2) is 20.2 Å². The second-order valence-corrected chi connectivity index (χ2v) is 4.72. The number of nitriles is 1. The van der Waals surface area contributed by atoms with Crippen LogP contribution in [-0.2, 0) is 0 Å². The molecule has 0 spiro atoms. The molecule has 2 rings (SSSR count).